The van der Waals surface area contributed by atoms with E-state index >= 15 is 0 Å². The van der Waals surface area contributed by atoms with Gasteiger partial charge in [0.05, 0.1) is 0 Å². The minimum absolute atomic E-state index is 0.0756. The third kappa shape index (κ3) is 2.07. The monoisotopic (exact) mass is 219 g/mol. The normalized spacial score (nSPS) is 10.6. The maximum atomic E-state index is 12.4. The fraction of sp³-hybridized carbons (Fsp3) is 0.333. The van der Waals surface area contributed by atoms with Crippen molar-refractivity contribution in [2.45, 2.75) is 19.2 Å². The highest BCUT2D eigenvalue weighted by atomic mass is 35.5. The molecule has 0 amide bonds. The zero-order chi connectivity index (χ0) is 10.7. The van der Waals surface area contributed by atoms with Crippen molar-refractivity contribution in [3.05, 3.63) is 28.6 Å². The summed E-state index contributed by atoms with van der Waals surface area (Å²) in [7, 11) is 0. The summed E-state index contributed by atoms with van der Waals surface area (Å²) >= 11 is 5.47. The number of rotatable bonds is 3. The first-order valence-corrected chi connectivity index (χ1v) is 4.43. The molecule has 0 aliphatic rings. The molecule has 0 aliphatic carbocycles. The Balaban J connectivity index is 3.31. The number of hydrogen-bond donors (Lipinski definition) is 0. The molecule has 0 atom stereocenters. The van der Waals surface area contributed by atoms with Crippen LogP contribution in [-0.2, 0) is 5.88 Å². The van der Waals surface area contributed by atoms with E-state index in [4.69, 9.17) is 11.6 Å². The van der Waals surface area contributed by atoms with Crippen molar-refractivity contribution < 1.29 is 13.6 Å². The summed E-state index contributed by atoms with van der Waals surface area (Å²) in [4.78, 5) is 14.2. The van der Waals surface area contributed by atoms with Crippen LogP contribution < -0.4 is 0 Å². The van der Waals surface area contributed by atoms with Gasteiger partial charge in [0.2, 0.25) is 0 Å². The van der Waals surface area contributed by atoms with Crippen LogP contribution >= 0.6 is 11.6 Å². The number of aryl methyl sites for hydroxylation is 1. The van der Waals surface area contributed by atoms with E-state index in [1.165, 1.54) is 13.0 Å². The van der Waals surface area contributed by atoms with Gasteiger partial charge < -0.3 is 0 Å². The molecule has 1 aromatic rings. The molecule has 76 valence electrons. The van der Waals surface area contributed by atoms with Crippen LogP contribution in [0.4, 0.5) is 8.78 Å². The van der Waals surface area contributed by atoms with E-state index < -0.39 is 6.43 Å². The Morgan fingerprint density at radius 1 is 1.64 bits per heavy atom. The Bertz CT molecular complexity index is 355. The number of nitrogens with zero attached hydrogens (tertiary/aromatic N) is 1. The van der Waals surface area contributed by atoms with Crippen molar-refractivity contribution in [1.29, 1.82) is 0 Å². The lowest BCUT2D eigenvalue weighted by molar-refractivity contribution is 0.112. The van der Waals surface area contributed by atoms with Gasteiger partial charge in [0.1, 0.15) is 5.69 Å². The number of pyridine rings is 1. The summed E-state index contributed by atoms with van der Waals surface area (Å²) in [6.45, 7) is 1.51. The molecule has 1 rings (SSSR count). The first-order valence-electron chi connectivity index (χ1n) is 3.89. The van der Waals surface area contributed by atoms with Gasteiger partial charge in [-0.1, -0.05) is 0 Å². The summed E-state index contributed by atoms with van der Waals surface area (Å²) in [5.41, 5.74) is 0.451. The minimum Gasteiger partial charge on any atom is -0.298 e. The Morgan fingerprint density at radius 2 is 2.29 bits per heavy atom. The highest BCUT2D eigenvalue weighted by molar-refractivity contribution is 6.17. The summed E-state index contributed by atoms with van der Waals surface area (Å²) in [5.74, 6) is -0.0756. The predicted molar refractivity (Wildman–Crippen MR) is 48.9 cm³/mol. The number of aromatic nitrogens is 1. The van der Waals surface area contributed by atoms with Crippen molar-refractivity contribution in [1.82, 2.24) is 4.98 Å². The molecule has 0 fully saturated rings. The second-order valence-electron chi connectivity index (χ2n) is 2.76. The molecule has 0 unspecified atom stereocenters. The number of aldehydes is 1. The third-order valence-electron chi connectivity index (χ3n) is 1.84. The average Bonchev–Trinajstić information content (AvgIpc) is 2.17. The van der Waals surface area contributed by atoms with Crippen LogP contribution in [0.3, 0.4) is 0 Å². The predicted octanol–water partition coefficient (Wildman–Crippen LogP) is 2.88. The molecule has 14 heavy (non-hydrogen) atoms. The number of carbonyl (C=O) groups is 1. The van der Waals surface area contributed by atoms with E-state index in [2.05, 4.69) is 4.98 Å². The van der Waals surface area contributed by atoms with E-state index in [9.17, 15) is 13.6 Å². The van der Waals surface area contributed by atoms with Gasteiger partial charge in [0, 0.05) is 17.1 Å². The molecule has 0 spiro atoms. The maximum Gasteiger partial charge on any atom is 0.280 e. The van der Waals surface area contributed by atoms with Crippen molar-refractivity contribution in [2.75, 3.05) is 0 Å². The Morgan fingerprint density at radius 3 is 2.71 bits per heavy atom. The van der Waals surface area contributed by atoms with Gasteiger partial charge in [0.25, 0.3) is 6.43 Å². The van der Waals surface area contributed by atoms with E-state index in [-0.39, 0.29) is 17.1 Å². The van der Waals surface area contributed by atoms with Crippen molar-refractivity contribution in [3.8, 4) is 0 Å². The number of halogens is 3. The Hall–Kier alpha value is -1.03. The lowest BCUT2D eigenvalue weighted by atomic mass is 10.1. The van der Waals surface area contributed by atoms with Crippen LogP contribution in [0.15, 0.2) is 6.07 Å². The Labute approximate surface area is 84.9 Å². The first kappa shape index (κ1) is 11.0. The smallest absolute Gasteiger partial charge is 0.280 e. The third-order valence-corrected chi connectivity index (χ3v) is 2.13. The zero-order valence-electron chi connectivity index (χ0n) is 7.43. The minimum atomic E-state index is -2.66. The molecule has 0 aliphatic heterocycles. The molecular weight excluding hydrogens is 212 g/mol. The Kier molecular flexibility index (Phi) is 3.52. The molecule has 0 radical (unpaired) electrons. The van der Waals surface area contributed by atoms with Gasteiger partial charge >= 0.3 is 0 Å². The zero-order valence-corrected chi connectivity index (χ0v) is 8.18. The summed E-state index contributed by atoms with van der Waals surface area (Å²) in [5, 5.41) is 0. The van der Waals surface area contributed by atoms with Crippen LogP contribution in [-0.4, -0.2) is 11.3 Å². The topological polar surface area (TPSA) is 30.0 Å². The van der Waals surface area contributed by atoms with Crippen LogP contribution in [0.2, 0.25) is 0 Å². The molecular formula is C9H8ClF2NO. The van der Waals surface area contributed by atoms with Crippen LogP contribution in [0.1, 0.15) is 33.7 Å². The second kappa shape index (κ2) is 4.46. The van der Waals surface area contributed by atoms with Gasteiger partial charge in [-0.2, -0.15) is 0 Å². The summed E-state index contributed by atoms with van der Waals surface area (Å²) in [6.07, 6.45) is -2.09. The lowest BCUT2D eigenvalue weighted by Crippen LogP contribution is -2.02. The van der Waals surface area contributed by atoms with Crippen molar-refractivity contribution in [3.63, 3.8) is 0 Å². The molecule has 5 heteroatoms. The van der Waals surface area contributed by atoms with E-state index in [0.717, 1.165) is 0 Å². The molecule has 0 N–H and O–H groups in total. The van der Waals surface area contributed by atoms with Gasteiger partial charge in [-0.25, -0.2) is 8.78 Å². The summed E-state index contributed by atoms with van der Waals surface area (Å²) < 4.78 is 24.8. The van der Waals surface area contributed by atoms with Crippen molar-refractivity contribution in [2.24, 2.45) is 0 Å². The second-order valence-corrected chi connectivity index (χ2v) is 3.03. The van der Waals surface area contributed by atoms with E-state index in [0.29, 0.717) is 17.5 Å². The van der Waals surface area contributed by atoms with Gasteiger partial charge in [0.15, 0.2) is 6.29 Å². The van der Waals surface area contributed by atoms with Crippen LogP contribution in [0.5, 0.6) is 0 Å². The van der Waals surface area contributed by atoms with Gasteiger partial charge in [-0.3, -0.25) is 9.78 Å². The van der Waals surface area contributed by atoms with Crippen LogP contribution in [0.25, 0.3) is 0 Å². The first-order chi connectivity index (χ1) is 6.60. The molecule has 0 saturated heterocycles. The fourth-order valence-electron chi connectivity index (χ4n) is 1.10. The summed E-state index contributed by atoms with van der Waals surface area (Å²) in [6, 6.07) is 1.35. The largest absolute Gasteiger partial charge is 0.298 e. The maximum absolute atomic E-state index is 12.4. The van der Waals surface area contributed by atoms with E-state index in [1.54, 1.807) is 0 Å². The van der Waals surface area contributed by atoms with Gasteiger partial charge in [-0.15, -0.1) is 11.6 Å². The van der Waals surface area contributed by atoms with Gasteiger partial charge in [-0.05, 0) is 18.6 Å². The van der Waals surface area contributed by atoms with Crippen LogP contribution in [0, 0.1) is 6.92 Å². The molecule has 0 saturated carbocycles. The van der Waals surface area contributed by atoms with Crippen molar-refractivity contribution >= 4 is 17.9 Å². The fourth-order valence-corrected chi connectivity index (χ4v) is 1.31. The number of alkyl halides is 3. The molecule has 1 aromatic heterocycles. The average molecular weight is 220 g/mol. The quantitative estimate of drug-likeness (QED) is 0.578. The number of hydrogen-bond acceptors (Lipinski definition) is 2. The SMILES string of the molecule is Cc1nc(C(F)F)c(CCl)cc1C=O. The highest BCUT2D eigenvalue weighted by Crippen LogP contribution is 2.23. The van der Waals surface area contributed by atoms with E-state index in [1.807, 2.05) is 0 Å². The lowest BCUT2D eigenvalue weighted by Gasteiger charge is -2.07. The highest BCUT2D eigenvalue weighted by Gasteiger charge is 2.16. The number of carbonyl (C=O) groups excluding carboxylic acids is 1. The molecule has 0 aromatic carbocycles. The molecule has 1 heterocycles. The molecule has 0 bridgehead atoms. The molecule has 2 nitrogen and oxygen atoms in total. The standard InChI is InChI=1S/C9H8ClF2NO/c1-5-7(4-14)2-6(3-10)8(13-5)9(11)12/h2,4,9H,3H2,1H3.